The largest absolute Gasteiger partial charge is 0.748 e. The summed E-state index contributed by atoms with van der Waals surface area (Å²) < 4.78 is 111. The van der Waals surface area contributed by atoms with Gasteiger partial charge in [0, 0.05) is 70.3 Å². The predicted octanol–water partition coefficient (Wildman–Crippen LogP) is 3.32. The summed E-state index contributed by atoms with van der Waals surface area (Å²) >= 11 is 0.689. The molecule has 16 nitrogen and oxygen atoms in total. The molecule has 0 saturated carbocycles. The number of rotatable bonds is 20. The van der Waals surface area contributed by atoms with E-state index in [1.165, 1.54) is 18.2 Å². The van der Waals surface area contributed by atoms with E-state index in [1.807, 2.05) is 17.9 Å². The van der Waals surface area contributed by atoms with E-state index in [9.17, 15) is 49.0 Å². The Bertz CT molecular complexity index is 2160. The molecule has 1 N–H and O–H groups in total. The zero-order chi connectivity index (χ0) is 40.1. The third-order valence-corrected chi connectivity index (χ3v) is 12.6. The minimum absolute atomic E-state index is 0.00186. The van der Waals surface area contributed by atoms with Crippen LogP contribution < -0.4 is 10.2 Å². The number of anilines is 1. The molecule has 0 spiro atoms. The van der Waals surface area contributed by atoms with Gasteiger partial charge in [-0.05, 0) is 82.0 Å². The van der Waals surface area contributed by atoms with Crippen molar-refractivity contribution in [2.75, 3.05) is 29.5 Å². The van der Waals surface area contributed by atoms with E-state index < -0.39 is 63.6 Å². The second-order valence-electron chi connectivity index (χ2n) is 13.8. The highest BCUT2D eigenvalue weighted by molar-refractivity contribution is 7.94. The number of allylic oxidation sites excluding steroid dienone is 4. The lowest BCUT2D eigenvalue weighted by Gasteiger charge is -2.31. The molecule has 2 aromatic carbocycles. The number of carboxylic acid groups (broad SMARTS) is 1. The van der Waals surface area contributed by atoms with Crippen molar-refractivity contribution in [1.82, 2.24) is 0 Å². The molecule has 0 fully saturated rings. The van der Waals surface area contributed by atoms with Crippen LogP contribution in [0.1, 0.15) is 76.8 Å². The summed E-state index contributed by atoms with van der Waals surface area (Å²) in [6.45, 7) is 5.78. The Morgan fingerprint density at radius 3 is 2.22 bits per heavy atom. The highest BCUT2D eigenvalue weighted by Crippen LogP contribution is 2.52. The van der Waals surface area contributed by atoms with Crippen LogP contribution in [0.25, 0.3) is 0 Å². The average Bonchev–Trinajstić information content (AvgIpc) is 3.41. The van der Waals surface area contributed by atoms with Gasteiger partial charge in [-0.1, -0.05) is 18.9 Å². The zero-order valence-electron chi connectivity index (χ0n) is 29.8. The van der Waals surface area contributed by atoms with Crippen LogP contribution in [0, 0.1) is 0 Å². The topological polar surface area (TPSA) is 257 Å². The van der Waals surface area contributed by atoms with E-state index in [2.05, 4.69) is 9.37 Å². The van der Waals surface area contributed by atoms with Crippen LogP contribution in [-0.4, -0.2) is 84.9 Å². The van der Waals surface area contributed by atoms with Crippen LogP contribution in [0.2, 0.25) is 0 Å². The molecule has 0 amide bonds. The Morgan fingerprint density at radius 2 is 1.59 bits per heavy atom. The molecule has 0 bridgehead atoms. The van der Waals surface area contributed by atoms with Crippen molar-refractivity contribution < 1.29 is 68.0 Å². The smallest absolute Gasteiger partial charge is 0.303 e. The highest BCUT2D eigenvalue weighted by atomic mass is 32.2. The van der Waals surface area contributed by atoms with Crippen molar-refractivity contribution >= 4 is 65.5 Å². The normalized spacial score (nSPS) is 19.2. The second kappa shape index (κ2) is 17.3. The summed E-state index contributed by atoms with van der Waals surface area (Å²) in [6, 6.07) is 9.16. The number of unbranched alkanes of at least 4 members (excludes halogenated alkanes) is 2. The van der Waals surface area contributed by atoms with E-state index >= 15 is 0 Å². The second-order valence-corrected chi connectivity index (χ2v) is 19.0. The third-order valence-electron chi connectivity index (χ3n) is 9.65. The van der Waals surface area contributed by atoms with Crippen LogP contribution >= 0.6 is 12.0 Å². The van der Waals surface area contributed by atoms with Gasteiger partial charge in [0.1, 0.15) is 16.7 Å². The van der Waals surface area contributed by atoms with E-state index in [0.717, 1.165) is 5.56 Å². The van der Waals surface area contributed by atoms with Crippen LogP contribution in [0.15, 0.2) is 70.1 Å². The van der Waals surface area contributed by atoms with Crippen LogP contribution in [0.5, 0.6) is 0 Å². The lowest BCUT2D eigenvalue weighted by atomic mass is 9.77. The zero-order valence-corrected chi connectivity index (χ0v) is 33.0. The number of hydrogen-bond acceptors (Lipinski definition) is 15. The standard InChI is InChI=1S/C34H44N2O14S4/c1-33(2)26-23-25(54(46,47)48)14-16-28(26)35(18-8-20-52(40,41)42)30(33)10-7-11-31-34(3,17-6-4-5-12-32(37)38)27-22-24(51-50-49-39)13-15-29(27)36(31)19-9-21-53(43,44)45/h7,10-11,13-16,22-23H,4-6,8-9,12,17-21H2,1-3H3,(H4-,37,38,39,40,41,42,43,44,45,46,47,48)/p-3. The molecule has 20 heteroatoms. The molecule has 2 aromatic rings. The van der Waals surface area contributed by atoms with Gasteiger partial charge >= 0.3 is 5.97 Å². The Hall–Kier alpha value is -3.18. The van der Waals surface area contributed by atoms with Gasteiger partial charge in [-0.3, -0.25) is 9.83 Å². The highest BCUT2D eigenvalue weighted by Gasteiger charge is 2.45. The summed E-state index contributed by atoms with van der Waals surface area (Å²) in [6.07, 6.45) is 7.39. The van der Waals surface area contributed by atoms with Crippen molar-refractivity contribution in [2.45, 2.75) is 86.3 Å². The molecular weight excluding hydrogens is 789 g/mol. The van der Waals surface area contributed by atoms with Gasteiger partial charge < -0.3 is 28.9 Å². The minimum atomic E-state index is -4.81. The van der Waals surface area contributed by atoms with Gasteiger partial charge in [0.15, 0.2) is 5.71 Å². The minimum Gasteiger partial charge on any atom is -0.748 e. The van der Waals surface area contributed by atoms with Crippen LogP contribution in [0.4, 0.5) is 11.4 Å². The van der Waals surface area contributed by atoms with E-state index in [4.69, 9.17) is 5.11 Å². The van der Waals surface area contributed by atoms with Crippen molar-refractivity contribution in [3.05, 3.63) is 71.5 Å². The molecule has 2 heterocycles. The number of carbonyl (C=O) groups is 1. The summed E-state index contributed by atoms with van der Waals surface area (Å²) in [5, 5.41) is 23.2. The molecule has 298 valence electrons. The Morgan fingerprint density at radius 1 is 0.907 bits per heavy atom. The van der Waals surface area contributed by atoms with Gasteiger partial charge in [-0.2, -0.15) is 8.91 Å². The first-order chi connectivity index (χ1) is 25.1. The number of aliphatic carboxylic acids is 1. The first-order valence-electron chi connectivity index (χ1n) is 16.9. The van der Waals surface area contributed by atoms with E-state index in [1.54, 1.807) is 48.8 Å². The van der Waals surface area contributed by atoms with Crippen molar-refractivity contribution in [2.24, 2.45) is 0 Å². The molecule has 0 aliphatic carbocycles. The fourth-order valence-electron chi connectivity index (χ4n) is 7.15. The number of benzene rings is 2. The fourth-order valence-corrected chi connectivity index (χ4v) is 9.01. The molecule has 1 atom stereocenters. The number of hydrogen-bond donors (Lipinski definition) is 1. The summed E-state index contributed by atoms with van der Waals surface area (Å²) in [5.74, 6) is -2.17. The number of nitrogens with zero attached hydrogens (tertiary/aromatic N) is 2. The summed E-state index contributed by atoms with van der Waals surface area (Å²) in [4.78, 5) is 13.1. The Kier molecular flexibility index (Phi) is 14.0. The van der Waals surface area contributed by atoms with Gasteiger partial charge in [0.25, 0.3) is 0 Å². The maximum absolute atomic E-state index is 11.9. The summed E-state index contributed by atoms with van der Waals surface area (Å²) in [7, 11) is -13.9. The molecule has 2 aliphatic heterocycles. The van der Waals surface area contributed by atoms with Crippen LogP contribution in [-0.2, 0) is 55.4 Å². The molecule has 2 aliphatic rings. The molecule has 54 heavy (non-hydrogen) atoms. The van der Waals surface area contributed by atoms with Gasteiger partial charge in [0.2, 0.25) is 5.69 Å². The molecule has 1 unspecified atom stereocenters. The van der Waals surface area contributed by atoms with E-state index in [-0.39, 0.29) is 32.4 Å². The van der Waals surface area contributed by atoms with Gasteiger partial charge in [-0.25, -0.2) is 25.3 Å². The molecule has 0 saturated heterocycles. The SMILES string of the molecule is CC1(C)C(/C=C/C=C2\N(CCCS(=O)(=O)[O-])c3ccc(SOO[O-])cc3C2(C)CCCCCC(=O)O)=[N+](CCCS(=O)(=O)[O-])c2ccc(S(=O)(=O)[O-])cc21. The van der Waals surface area contributed by atoms with Crippen LogP contribution in [0.3, 0.4) is 0 Å². The monoisotopic (exact) mass is 829 g/mol. The predicted molar refractivity (Wildman–Crippen MR) is 193 cm³/mol. The molecule has 0 aromatic heterocycles. The first kappa shape index (κ1) is 43.5. The molecule has 0 radical (unpaired) electrons. The quantitative estimate of drug-likeness (QED) is 0.0501. The fraction of sp³-hybridized carbons (Fsp3) is 0.471. The van der Waals surface area contributed by atoms with Gasteiger partial charge in [-0.15, -0.1) is 0 Å². The molecule has 4 rings (SSSR count). The Balaban J connectivity index is 1.84. The average molecular weight is 830 g/mol. The summed E-state index contributed by atoms with van der Waals surface area (Å²) in [5.41, 5.74) is 2.13. The maximum Gasteiger partial charge on any atom is 0.303 e. The van der Waals surface area contributed by atoms with Crippen molar-refractivity contribution in [3.63, 3.8) is 0 Å². The van der Waals surface area contributed by atoms with Crippen molar-refractivity contribution in [3.8, 4) is 0 Å². The third kappa shape index (κ3) is 10.8. The van der Waals surface area contributed by atoms with E-state index in [0.29, 0.717) is 71.0 Å². The number of carboxylic acids is 1. The lowest BCUT2D eigenvalue weighted by Crippen LogP contribution is -2.30. The van der Waals surface area contributed by atoms with Crippen molar-refractivity contribution in [1.29, 1.82) is 0 Å². The maximum atomic E-state index is 11.9. The molecular formula is C34H41N2O14S4-3. The van der Waals surface area contributed by atoms with Gasteiger partial charge in [0.05, 0.1) is 42.6 Å². The first-order valence-corrected chi connectivity index (χ1v) is 22.2. The lowest BCUT2D eigenvalue weighted by molar-refractivity contribution is -0.777. The number of fused-ring (bicyclic) bond motifs is 2. The Labute approximate surface area is 319 Å².